The van der Waals surface area contributed by atoms with Gasteiger partial charge in [-0.3, -0.25) is 0 Å². The molecule has 1 aliphatic rings. The van der Waals surface area contributed by atoms with Crippen molar-refractivity contribution in [2.75, 3.05) is 13.6 Å². The van der Waals surface area contributed by atoms with E-state index in [1.54, 1.807) is 7.05 Å². The lowest BCUT2D eigenvalue weighted by molar-refractivity contribution is -0.151. The average molecular weight is 167 g/mol. The van der Waals surface area contributed by atoms with E-state index in [1.807, 2.05) is 0 Å². The van der Waals surface area contributed by atoms with Gasteiger partial charge in [0, 0.05) is 0 Å². The Kier molecular flexibility index (Phi) is 2.42. The van der Waals surface area contributed by atoms with Crippen LogP contribution in [0.5, 0.6) is 0 Å². The van der Waals surface area contributed by atoms with Crippen molar-refractivity contribution in [1.29, 1.82) is 0 Å². The molecule has 0 heterocycles. The first-order valence-corrected chi connectivity index (χ1v) is 3.77. The molecule has 4 heteroatoms. The minimum absolute atomic E-state index is 0.109. The van der Waals surface area contributed by atoms with E-state index < -0.39 is 12.1 Å². The summed E-state index contributed by atoms with van der Waals surface area (Å²) in [6.45, 7) is 0.692. The second-order valence-corrected chi connectivity index (χ2v) is 3.04. The predicted octanol–water partition coefficient (Wildman–Crippen LogP) is 1.79. The van der Waals surface area contributed by atoms with Crippen molar-refractivity contribution >= 4 is 0 Å². The van der Waals surface area contributed by atoms with Crippen molar-refractivity contribution in [1.82, 2.24) is 5.32 Å². The lowest BCUT2D eigenvalue weighted by Crippen LogP contribution is -2.14. The molecule has 1 N–H and O–H groups in total. The lowest BCUT2D eigenvalue weighted by atomic mass is 10.2. The summed E-state index contributed by atoms with van der Waals surface area (Å²) in [6.07, 6.45) is -2.95. The van der Waals surface area contributed by atoms with Gasteiger partial charge in [0.1, 0.15) is 0 Å². The van der Waals surface area contributed by atoms with Crippen LogP contribution >= 0.6 is 0 Å². The molecule has 0 radical (unpaired) electrons. The molecule has 0 aromatic heterocycles. The summed E-state index contributed by atoms with van der Waals surface area (Å²) < 4.78 is 35.7. The maximum Gasteiger partial charge on any atom is 0.392 e. The third kappa shape index (κ3) is 2.36. The summed E-state index contributed by atoms with van der Waals surface area (Å²) in [5.74, 6) is -1.11. The van der Waals surface area contributed by atoms with Crippen molar-refractivity contribution < 1.29 is 13.2 Å². The van der Waals surface area contributed by atoms with Crippen molar-refractivity contribution in [3.05, 3.63) is 0 Å². The Morgan fingerprint density at radius 1 is 1.45 bits per heavy atom. The van der Waals surface area contributed by atoms with Gasteiger partial charge in [0.15, 0.2) is 0 Å². The van der Waals surface area contributed by atoms with E-state index in [-0.39, 0.29) is 5.92 Å². The Hall–Kier alpha value is -0.250. The zero-order valence-electron chi connectivity index (χ0n) is 6.41. The molecule has 0 amide bonds. The molecule has 0 saturated heterocycles. The summed E-state index contributed by atoms with van der Waals surface area (Å²) in [6, 6.07) is 0. The second-order valence-electron chi connectivity index (χ2n) is 3.04. The van der Waals surface area contributed by atoms with Crippen molar-refractivity contribution in [2.45, 2.75) is 19.0 Å². The molecular weight excluding hydrogens is 155 g/mol. The Labute approximate surface area is 64.0 Å². The molecule has 0 aliphatic heterocycles. The minimum Gasteiger partial charge on any atom is -0.320 e. The molecule has 1 fully saturated rings. The molecule has 1 saturated carbocycles. The van der Waals surface area contributed by atoms with Gasteiger partial charge in [-0.25, -0.2) is 0 Å². The molecule has 0 unspecified atom stereocenters. The summed E-state index contributed by atoms with van der Waals surface area (Å²) in [5, 5.41) is 2.84. The fourth-order valence-electron chi connectivity index (χ4n) is 1.30. The van der Waals surface area contributed by atoms with Gasteiger partial charge in [0.05, 0.1) is 5.92 Å². The Morgan fingerprint density at radius 3 is 2.45 bits per heavy atom. The van der Waals surface area contributed by atoms with E-state index >= 15 is 0 Å². The summed E-state index contributed by atoms with van der Waals surface area (Å²) in [4.78, 5) is 0. The number of hydrogen-bond donors (Lipinski definition) is 1. The van der Waals surface area contributed by atoms with Gasteiger partial charge in [-0.15, -0.1) is 0 Å². The van der Waals surface area contributed by atoms with Crippen LogP contribution < -0.4 is 5.32 Å². The third-order valence-corrected chi connectivity index (χ3v) is 2.11. The molecule has 0 spiro atoms. The predicted molar refractivity (Wildman–Crippen MR) is 36.2 cm³/mol. The van der Waals surface area contributed by atoms with Gasteiger partial charge < -0.3 is 5.32 Å². The highest BCUT2D eigenvalue weighted by Crippen LogP contribution is 2.51. The molecule has 2 atom stereocenters. The zero-order valence-corrected chi connectivity index (χ0v) is 6.41. The number of alkyl halides is 3. The average Bonchev–Trinajstić information content (AvgIpc) is 2.60. The van der Waals surface area contributed by atoms with Gasteiger partial charge in [-0.2, -0.15) is 13.2 Å². The van der Waals surface area contributed by atoms with E-state index in [0.29, 0.717) is 19.4 Å². The molecule has 0 bridgehead atoms. The summed E-state index contributed by atoms with van der Waals surface area (Å²) in [5.41, 5.74) is 0. The molecule has 0 aromatic carbocycles. The van der Waals surface area contributed by atoms with E-state index in [2.05, 4.69) is 5.32 Å². The van der Waals surface area contributed by atoms with Gasteiger partial charge in [-0.1, -0.05) is 0 Å². The van der Waals surface area contributed by atoms with Crippen LogP contribution in [0.2, 0.25) is 0 Å². The Balaban J connectivity index is 2.16. The van der Waals surface area contributed by atoms with Gasteiger partial charge >= 0.3 is 6.18 Å². The molecule has 11 heavy (non-hydrogen) atoms. The van der Waals surface area contributed by atoms with Crippen molar-refractivity contribution in [2.24, 2.45) is 11.8 Å². The Bertz CT molecular complexity index is 132. The minimum atomic E-state index is -3.95. The maximum absolute atomic E-state index is 11.9. The fraction of sp³-hybridized carbons (Fsp3) is 1.00. The first-order chi connectivity index (χ1) is 5.05. The number of nitrogens with one attached hydrogen (secondary N) is 1. The standard InChI is InChI=1S/C7H12F3N/c1-11-3-2-5-4-6(5)7(8,9)10/h5-6,11H,2-4H2,1H3/t5-,6+/m1/s1. The van der Waals surface area contributed by atoms with Crippen LogP contribution in [0.15, 0.2) is 0 Å². The highest BCUT2D eigenvalue weighted by Gasteiger charge is 2.54. The second kappa shape index (κ2) is 3.01. The normalized spacial score (nSPS) is 30.5. The first kappa shape index (κ1) is 8.84. The van der Waals surface area contributed by atoms with Crippen molar-refractivity contribution in [3.63, 3.8) is 0 Å². The van der Waals surface area contributed by atoms with Crippen LogP contribution in [0.3, 0.4) is 0 Å². The largest absolute Gasteiger partial charge is 0.392 e. The highest BCUT2D eigenvalue weighted by molar-refractivity contribution is 4.91. The van der Waals surface area contributed by atoms with Crippen LogP contribution in [0.1, 0.15) is 12.8 Å². The fourth-order valence-corrected chi connectivity index (χ4v) is 1.30. The van der Waals surface area contributed by atoms with Crippen LogP contribution in [-0.4, -0.2) is 19.8 Å². The maximum atomic E-state index is 11.9. The zero-order chi connectivity index (χ0) is 8.48. The van der Waals surface area contributed by atoms with Gasteiger partial charge in [0.2, 0.25) is 0 Å². The van der Waals surface area contributed by atoms with Crippen LogP contribution in [0, 0.1) is 11.8 Å². The topological polar surface area (TPSA) is 12.0 Å². The Morgan fingerprint density at radius 2 is 2.09 bits per heavy atom. The van der Waals surface area contributed by atoms with Crippen LogP contribution in [0.25, 0.3) is 0 Å². The summed E-state index contributed by atoms with van der Waals surface area (Å²) >= 11 is 0. The number of rotatable bonds is 3. The molecule has 1 rings (SSSR count). The van der Waals surface area contributed by atoms with Crippen LogP contribution in [0.4, 0.5) is 13.2 Å². The molecule has 0 aromatic rings. The van der Waals surface area contributed by atoms with E-state index in [1.165, 1.54) is 0 Å². The number of hydrogen-bond acceptors (Lipinski definition) is 1. The first-order valence-electron chi connectivity index (χ1n) is 3.77. The van der Waals surface area contributed by atoms with Gasteiger partial charge in [0.25, 0.3) is 0 Å². The molecule has 66 valence electrons. The van der Waals surface area contributed by atoms with E-state index in [4.69, 9.17) is 0 Å². The highest BCUT2D eigenvalue weighted by atomic mass is 19.4. The monoisotopic (exact) mass is 167 g/mol. The smallest absolute Gasteiger partial charge is 0.320 e. The lowest BCUT2D eigenvalue weighted by Gasteiger charge is -2.04. The van der Waals surface area contributed by atoms with E-state index in [9.17, 15) is 13.2 Å². The van der Waals surface area contributed by atoms with Crippen molar-refractivity contribution in [3.8, 4) is 0 Å². The van der Waals surface area contributed by atoms with Crippen LogP contribution in [-0.2, 0) is 0 Å². The molecule has 1 aliphatic carbocycles. The summed E-state index contributed by atoms with van der Waals surface area (Å²) in [7, 11) is 1.75. The number of halogens is 3. The van der Waals surface area contributed by atoms with E-state index in [0.717, 1.165) is 0 Å². The molecule has 1 nitrogen and oxygen atoms in total. The SMILES string of the molecule is CNCC[C@@H]1C[C@@H]1C(F)(F)F. The third-order valence-electron chi connectivity index (χ3n) is 2.11. The van der Waals surface area contributed by atoms with Gasteiger partial charge in [-0.05, 0) is 32.4 Å². The quantitative estimate of drug-likeness (QED) is 0.675. The molecular formula is C7H12F3N.